The maximum atomic E-state index is 11.5. The molecule has 3 N–H and O–H groups in total. The Kier molecular flexibility index (Phi) is 4.83. The Hall–Kier alpha value is -0.170. The standard InChI is InChI=1S/C7H19N3O2S/c1-6(2)9-13(11,12)10(4)7(3)5-8/h6-7,9H,5,8H2,1-4H3. The molecule has 0 aromatic heterocycles. The van der Waals surface area contributed by atoms with Crippen LogP contribution in [-0.2, 0) is 10.2 Å². The summed E-state index contributed by atoms with van der Waals surface area (Å²) in [5.74, 6) is 0. The van der Waals surface area contributed by atoms with E-state index < -0.39 is 10.2 Å². The van der Waals surface area contributed by atoms with E-state index >= 15 is 0 Å². The summed E-state index contributed by atoms with van der Waals surface area (Å²) in [6.45, 7) is 5.63. The van der Waals surface area contributed by atoms with E-state index in [-0.39, 0.29) is 12.1 Å². The minimum absolute atomic E-state index is 0.0996. The second-order valence-electron chi connectivity index (χ2n) is 3.38. The van der Waals surface area contributed by atoms with Crippen molar-refractivity contribution in [2.24, 2.45) is 5.73 Å². The number of hydrogen-bond acceptors (Lipinski definition) is 3. The molecule has 0 saturated carbocycles. The topological polar surface area (TPSA) is 75.4 Å². The van der Waals surface area contributed by atoms with Gasteiger partial charge < -0.3 is 5.73 Å². The van der Waals surface area contributed by atoms with Crippen molar-refractivity contribution in [2.75, 3.05) is 13.6 Å². The lowest BCUT2D eigenvalue weighted by Gasteiger charge is -2.24. The van der Waals surface area contributed by atoms with Crippen LogP contribution in [0.4, 0.5) is 0 Å². The molecule has 0 fully saturated rings. The first kappa shape index (κ1) is 12.8. The third-order valence-electron chi connectivity index (χ3n) is 1.73. The summed E-state index contributed by atoms with van der Waals surface area (Å²) in [5.41, 5.74) is 5.37. The average molecular weight is 209 g/mol. The van der Waals surface area contributed by atoms with Crippen LogP contribution in [0.25, 0.3) is 0 Å². The molecule has 80 valence electrons. The van der Waals surface area contributed by atoms with Gasteiger partial charge in [-0.2, -0.15) is 17.4 Å². The van der Waals surface area contributed by atoms with Crippen LogP contribution in [-0.4, -0.2) is 38.4 Å². The first-order valence-corrected chi connectivity index (χ1v) is 5.70. The maximum absolute atomic E-state index is 11.5. The van der Waals surface area contributed by atoms with Crippen molar-refractivity contribution in [3.05, 3.63) is 0 Å². The molecule has 5 nitrogen and oxygen atoms in total. The summed E-state index contributed by atoms with van der Waals surface area (Å²) in [7, 11) is -1.85. The summed E-state index contributed by atoms with van der Waals surface area (Å²) < 4.78 is 26.7. The van der Waals surface area contributed by atoms with E-state index in [1.165, 1.54) is 11.4 Å². The Bertz CT molecular complexity index is 238. The van der Waals surface area contributed by atoms with Crippen LogP contribution >= 0.6 is 0 Å². The van der Waals surface area contributed by atoms with E-state index in [1.807, 2.05) is 0 Å². The molecule has 0 aromatic carbocycles. The fourth-order valence-electron chi connectivity index (χ4n) is 0.766. The summed E-state index contributed by atoms with van der Waals surface area (Å²) in [6.07, 6.45) is 0. The monoisotopic (exact) mass is 209 g/mol. The smallest absolute Gasteiger partial charge is 0.279 e. The average Bonchev–Trinajstić information content (AvgIpc) is 1.99. The Balaban J connectivity index is 4.46. The van der Waals surface area contributed by atoms with E-state index in [4.69, 9.17) is 5.73 Å². The summed E-state index contributed by atoms with van der Waals surface area (Å²) >= 11 is 0. The third kappa shape index (κ3) is 4.04. The van der Waals surface area contributed by atoms with Crippen molar-refractivity contribution in [3.63, 3.8) is 0 Å². The van der Waals surface area contributed by atoms with Crippen LogP contribution in [0.5, 0.6) is 0 Å². The van der Waals surface area contributed by atoms with E-state index in [9.17, 15) is 8.42 Å². The Morgan fingerprint density at radius 2 is 1.85 bits per heavy atom. The zero-order valence-electron chi connectivity index (χ0n) is 8.61. The predicted molar refractivity (Wildman–Crippen MR) is 53.5 cm³/mol. The molecule has 0 saturated heterocycles. The fraction of sp³-hybridized carbons (Fsp3) is 1.00. The minimum Gasteiger partial charge on any atom is -0.329 e. The van der Waals surface area contributed by atoms with Crippen LogP contribution in [0.2, 0.25) is 0 Å². The molecule has 0 amide bonds. The summed E-state index contributed by atoms with van der Waals surface area (Å²) in [4.78, 5) is 0. The van der Waals surface area contributed by atoms with Gasteiger partial charge in [0.15, 0.2) is 0 Å². The number of nitrogens with zero attached hydrogens (tertiary/aromatic N) is 1. The molecule has 0 rings (SSSR count). The lowest BCUT2D eigenvalue weighted by Crippen LogP contribution is -2.47. The van der Waals surface area contributed by atoms with Gasteiger partial charge in [0.05, 0.1) is 0 Å². The Morgan fingerprint density at radius 3 is 2.15 bits per heavy atom. The van der Waals surface area contributed by atoms with Gasteiger partial charge in [0.2, 0.25) is 0 Å². The van der Waals surface area contributed by atoms with Gasteiger partial charge in [0.25, 0.3) is 10.2 Å². The molecule has 0 aliphatic carbocycles. The van der Waals surface area contributed by atoms with E-state index in [0.29, 0.717) is 6.54 Å². The lowest BCUT2D eigenvalue weighted by molar-refractivity contribution is 0.384. The highest BCUT2D eigenvalue weighted by molar-refractivity contribution is 7.87. The van der Waals surface area contributed by atoms with E-state index in [1.54, 1.807) is 20.8 Å². The van der Waals surface area contributed by atoms with Gasteiger partial charge >= 0.3 is 0 Å². The van der Waals surface area contributed by atoms with Gasteiger partial charge in [-0.3, -0.25) is 0 Å². The highest BCUT2D eigenvalue weighted by Crippen LogP contribution is 2.01. The molecule has 1 atom stereocenters. The van der Waals surface area contributed by atoms with Gasteiger partial charge in [0, 0.05) is 25.7 Å². The van der Waals surface area contributed by atoms with Gasteiger partial charge in [-0.25, -0.2) is 0 Å². The van der Waals surface area contributed by atoms with Gasteiger partial charge in [-0.15, -0.1) is 0 Å². The van der Waals surface area contributed by atoms with Crippen molar-refractivity contribution >= 4 is 10.2 Å². The second kappa shape index (κ2) is 4.90. The van der Waals surface area contributed by atoms with Crippen LogP contribution in [0.1, 0.15) is 20.8 Å². The number of hydrogen-bond donors (Lipinski definition) is 2. The largest absolute Gasteiger partial charge is 0.329 e. The van der Waals surface area contributed by atoms with Crippen molar-refractivity contribution in [3.8, 4) is 0 Å². The predicted octanol–water partition coefficient (Wildman–Crippen LogP) is -0.492. The van der Waals surface area contributed by atoms with Crippen LogP contribution in [0.3, 0.4) is 0 Å². The normalized spacial score (nSPS) is 15.3. The number of nitrogens with two attached hydrogens (primary N) is 1. The minimum atomic E-state index is -3.37. The molecular formula is C7H19N3O2S. The van der Waals surface area contributed by atoms with Crippen molar-refractivity contribution in [1.29, 1.82) is 0 Å². The molecule has 0 aliphatic heterocycles. The molecule has 0 heterocycles. The Morgan fingerprint density at radius 1 is 1.38 bits per heavy atom. The van der Waals surface area contributed by atoms with Gasteiger partial charge in [0.1, 0.15) is 0 Å². The molecule has 0 bridgehead atoms. The van der Waals surface area contributed by atoms with Gasteiger partial charge in [-0.1, -0.05) is 0 Å². The third-order valence-corrected chi connectivity index (χ3v) is 3.61. The van der Waals surface area contributed by atoms with Gasteiger partial charge in [-0.05, 0) is 20.8 Å². The second-order valence-corrected chi connectivity index (χ2v) is 5.14. The molecule has 13 heavy (non-hydrogen) atoms. The Labute approximate surface area is 80.5 Å². The van der Waals surface area contributed by atoms with E-state index in [0.717, 1.165) is 0 Å². The molecule has 0 spiro atoms. The fourth-order valence-corrected chi connectivity index (χ4v) is 2.09. The number of likely N-dealkylation sites (N-methyl/N-ethyl adjacent to an activating group) is 1. The maximum Gasteiger partial charge on any atom is 0.279 e. The molecule has 0 aliphatic rings. The van der Waals surface area contributed by atoms with Crippen molar-refractivity contribution < 1.29 is 8.42 Å². The quantitative estimate of drug-likeness (QED) is 0.641. The number of nitrogens with one attached hydrogen (secondary N) is 1. The van der Waals surface area contributed by atoms with Crippen LogP contribution in [0.15, 0.2) is 0 Å². The molecule has 1 unspecified atom stereocenters. The van der Waals surface area contributed by atoms with Crippen molar-refractivity contribution in [1.82, 2.24) is 9.03 Å². The van der Waals surface area contributed by atoms with E-state index in [2.05, 4.69) is 4.72 Å². The lowest BCUT2D eigenvalue weighted by atomic mass is 10.4. The summed E-state index contributed by atoms with van der Waals surface area (Å²) in [6, 6.07) is -0.284. The van der Waals surface area contributed by atoms with Crippen LogP contribution < -0.4 is 10.5 Å². The molecular weight excluding hydrogens is 190 g/mol. The van der Waals surface area contributed by atoms with Crippen molar-refractivity contribution in [2.45, 2.75) is 32.9 Å². The zero-order chi connectivity index (χ0) is 10.6. The summed E-state index contributed by atoms with van der Waals surface area (Å²) in [5, 5.41) is 0. The van der Waals surface area contributed by atoms with Crippen LogP contribution in [0, 0.1) is 0 Å². The highest BCUT2D eigenvalue weighted by Gasteiger charge is 2.22. The molecule has 0 radical (unpaired) electrons. The zero-order valence-corrected chi connectivity index (χ0v) is 9.43. The highest BCUT2D eigenvalue weighted by atomic mass is 32.2. The SMILES string of the molecule is CC(C)NS(=O)(=O)N(C)C(C)CN. The first-order chi connectivity index (χ1) is 5.81. The number of rotatable bonds is 5. The molecule has 0 aromatic rings. The molecule has 6 heteroatoms. The first-order valence-electron chi connectivity index (χ1n) is 4.26.